The molecule has 2 saturated heterocycles. The smallest absolute Gasteiger partial charge is 0.303 e. The molecule has 230 valence electrons. The Morgan fingerprint density at radius 2 is 1.66 bits per heavy atom. The summed E-state index contributed by atoms with van der Waals surface area (Å²) in [6, 6.07) is 15.1. The average molecular weight is 609 g/mol. The monoisotopic (exact) mass is 608 g/mol. The van der Waals surface area contributed by atoms with Crippen LogP contribution in [0.2, 0.25) is 13.1 Å². The first-order valence-corrected chi connectivity index (χ1v) is 19.5. The third-order valence-electron chi connectivity index (χ3n) is 9.99. The fraction of sp³-hybridized carbons (Fsp3) is 0.432. The highest BCUT2D eigenvalue weighted by Gasteiger charge is 2.41. The fourth-order valence-corrected chi connectivity index (χ4v) is 10.5. The summed E-state index contributed by atoms with van der Waals surface area (Å²) in [6.45, 7) is 9.83. The van der Waals surface area contributed by atoms with Crippen molar-refractivity contribution in [1.82, 2.24) is 4.90 Å². The summed E-state index contributed by atoms with van der Waals surface area (Å²) in [6.07, 6.45) is 15.2. The lowest BCUT2D eigenvalue weighted by Crippen LogP contribution is -2.50. The average Bonchev–Trinajstić information content (AvgIpc) is 3.05. The van der Waals surface area contributed by atoms with Gasteiger partial charge in [0.2, 0.25) is 0 Å². The van der Waals surface area contributed by atoms with E-state index in [2.05, 4.69) is 65.1 Å². The van der Waals surface area contributed by atoms with Crippen molar-refractivity contribution in [1.29, 1.82) is 0 Å². The van der Waals surface area contributed by atoms with Crippen molar-refractivity contribution in [2.24, 2.45) is 0 Å². The minimum Gasteiger partial charge on any atom is -0.481 e. The Bertz CT molecular complexity index is 1580. The molecule has 44 heavy (non-hydrogen) atoms. The van der Waals surface area contributed by atoms with Crippen LogP contribution in [0.15, 0.2) is 71.5 Å². The zero-order valence-electron chi connectivity index (χ0n) is 26.6. The van der Waals surface area contributed by atoms with E-state index in [-0.39, 0.29) is 12.3 Å². The van der Waals surface area contributed by atoms with Crippen molar-refractivity contribution in [2.75, 3.05) is 44.7 Å². The number of aliphatic carboxylic acids is 1. The first kappa shape index (κ1) is 30.3. The number of amides is 1. The Morgan fingerprint density at radius 3 is 2.41 bits per heavy atom. The third-order valence-corrected chi connectivity index (χ3v) is 13.5. The van der Waals surface area contributed by atoms with Gasteiger partial charge in [0.15, 0.2) is 5.71 Å². The predicted octanol–water partition coefficient (Wildman–Crippen LogP) is 6.02. The number of hydrogen-bond donors (Lipinski definition) is 1. The van der Waals surface area contributed by atoms with Crippen LogP contribution in [0.4, 0.5) is 5.69 Å². The number of benzene rings is 2. The van der Waals surface area contributed by atoms with E-state index in [1.54, 1.807) is 11.9 Å². The lowest BCUT2D eigenvalue weighted by molar-refractivity contribution is -0.535. The quantitative estimate of drug-likeness (QED) is 0.309. The molecule has 7 heteroatoms. The fourth-order valence-electron chi connectivity index (χ4n) is 7.47. The molecule has 0 aromatic heterocycles. The van der Waals surface area contributed by atoms with Crippen LogP contribution in [0.25, 0.3) is 5.57 Å². The van der Waals surface area contributed by atoms with Crippen molar-refractivity contribution in [2.45, 2.75) is 64.5 Å². The van der Waals surface area contributed by atoms with Gasteiger partial charge in [-0.25, -0.2) is 4.58 Å². The Balaban J connectivity index is 1.51. The Labute approximate surface area is 263 Å². The molecule has 6 rings (SSSR count). The molecule has 4 aliphatic rings. The van der Waals surface area contributed by atoms with Gasteiger partial charge in [0.05, 0.1) is 0 Å². The number of allylic oxidation sites excluding steroid dienone is 5. The van der Waals surface area contributed by atoms with E-state index in [1.165, 1.54) is 71.4 Å². The van der Waals surface area contributed by atoms with Crippen molar-refractivity contribution in [3.05, 3.63) is 88.2 Å². The van der Waals surface area contributed by atoms with Gasteiger partial charge in [-0.1, -0.05) is 37.4 Å². The number of carboxylic acid groups (broad SMARTS) is 1. The van der Waals surface area contributed by atoms with Crippen LogP contribution >= 0.6 is 0 Å². The van der Waals surface area contributed by atoms with Crippen LogP contribution in [0.1, 0.15) is 72.9 Å². The minimum absolute atomic E-state index is 0.0514. The Hall–Kier alpha value is -3.71. The van der Waals surface area contributed by atoms with Crippen LogP contribution in [0.3, 0.4) is 0 Å². The maximum atomic E-state index is 13.9. The van der Waals surface area contributed by atoms with Gasteiger partial charge in [-0.3, -0.25) is 9.59 Å². The normalized spacial score (nSPS) is 19.3. The number of rotatable bonds is 7. The van der Waals surface area contributed by atoms with Crippen LogP contribution in [-0.2, 0) is 4.79 Å². The van der Waals surface area contributed by atoms with Crippen LogP contribution < -0.4 is 10.1 Å². The summed E-state index contributed by atoms with van der Waals surface area (Å²) in [4.78, 5) is 29.2. The number of nitrogens with zero attached hydrogens (tertiary/aromatic N) is 3. The van der Waals surface area contributed by atoms with E-state index in [1.807, 2.05) is 18.2 Å². The number of carboxylic acids is 1. The second-order valence-corrected chi connectivity index (χ2v) is 17.7. The highest BCUT2D eigenvalue weighted by Crippen LogP contribution is 2.43. The van der Waals surface area contributed by atoms with Gasteiger partial charge in [0.25, 0.3) is 5.91 Å². The van der Waals surface area contributed by atoms with E-state index in [0.29, 0.717) is 18.5 Å². The van der Waals surface area contributed by atoms with E-state index in [4.69, 9.17) is 5.11 Å². The van der Waals surface area contributed by atoms with Gasteiger partial charge in [-0.2, -0.15) is 0 Å². The molecule has 1 amide bonds. The zero-order chi connectivity index (χ0) is 30.8. The van der Waals surface area contributed by atoms with Crippen LogP contribution in [-0.4, -0.2) is 80.0 Å². The van der Waals surface area contributed by atoms with Gasteiger partial charge < -0.3 is 14.9 Å². The molecule has 0 atom stereocenters. The highest BCUT2D eigenvalue weighted by atomic mass is 28.3. The molecule has 3 heterocycles. The number of carbonyl (C=O) groups is 2. The molecule has 0 bridgehead atoms. The zero-order valence-corrected chi connectivity index (χ0v) is 27.6. The van der Waals surface area contributed by atoms with Gasteiger partial charge >= 0.3 is 5.97 Å². The molecule has 2 aromatic carbocycles. The molecular formula is C37H46N3O3Si+. The summed E-state index contributed by atoms with van der Waals surface area (Å²) in [5, 5.41) is 12.0. The summed E-state index contributed by atoms with van der Waals surface area (Å²) in [7, 11) is -0.338. The maximum Gasteiger partial charge on any atom is 0.303 e. The Morgan fingerprint density at radius 1 is 0.932 bits per heavy atom. The lowest BCUT2D eigenvalue weighted by atomic mass is 9.87. The standard InChI is InChI=1S/C37H45N3O3Si/c1-38(20-12-15-35(41)42)37(43)30-14-7-6-13-29(30)36-31-18-16-27(39-21-8-4-9-22-39)25-33(31)44(2,3)34-26-28(17-19-32(34)36)40-23-10-5-11-24-40/h6-7,13-14,16-19,25-26H,4-5,8-12,15,20-24H2,1-3H3/p+1. The van der Waals surface area contributed by atoms with E-state index in [9.17, 15) is 9.59 Å². The van der Waals surface area contributed by atoms with Gasteiger partial charge in [-0.05, 0) is 89.0 Å². The van der Waals surface area contributed by atoms with Gasteiger partial charge in [0, 0.05) is 69.3 Å². The van der Waals surface area contributed by atoms with Crippen LogP contribution in [0, 0.1) is 0 Å². The summed E-state index contributed by atoms with van der Waals surface area (Å²) in [5.41, 5.74) is 7.89. The molecule has 0 radical (unpaired) electrons. The third kappa shape index (κ3) is 5.86. The molecule has 6 nitrogen and oxygen atoms in total. The molecule has 3 aliphatic heterocycles. The Kier molecular flexibility index (Phi) is 8.76. The molecule has 0 unspecified atom stereocenters. The molecule has 2 aromatic rings. The number of piperidine rings is 2. The molecular weight excluding hydrogens is 563 g/mol. The second kappa shape index (κ2) is 12.7. The van der Waals surface area contributed by atoms with Gasteiger partial charge in [-0.15, -0.1) is 0 Å². The predicted molar refractivity (Wildman–Crippen MR) is 182 cm³/mol. The van der Waals surface area contributed by atoms with Crippen LogP contribution in [0.5, 0.6) is 0 Å². The lowest BCUT2D eigenvalue weighted by Gasteiger charge is -2.39. The van der Waals surface area contributed by atoms with Gasteiger partial charge in [0.1, 0.15) is 21.2 Å². The molecule has 1 aliphatic carbocycles. The first-order chi connectivity index (χ1) is 21.3. The van der Waals surface area contributed by atoms with Crippen molar-refractivity contribution in [3.8, 4) is 0 Å². The minimum atomic E-state index is -2.12. The number of hydrogen-bond acceptors (Lipinski definition) is 3. The van der Waals surface area contributed by atoms with E-state index >= 15 is 0 Å². The molecule has 0 spiro atoms. The SMILES string of the molecule is CN(CCCC(=O)O)C(=O)c1ccccc1C1=C2C=CC(=[N+]3CCCCC3)C=C2[Si](C)(C)c2cc(N3CCCCC3)ccc21. The molecule has 0 saturated carbocycles. The maximum absolute atomic E-state index is 13.9. The number of fused-ring (bicyclic) bond motifs is 2. The summed E-state index contributed by atoms with van der Waals surface area (Å²) < 4.78 is 2.55. The first-order valence-electron chi connectivity index (χ1n) is 16.5. The van der Waals surface area contributed by atoms with E-state index in [0.717, 1.165) is 37.3 Å². The van der Waals surface area contributed by atoms with Crippen molar-refractivity contribution >= 4 is 42.1 Å². The van der Waals surface area contributed by atoms with E-state index < -0.39 is 14.0 Å². The van der Waals surface area contributed by atoms with Crippen molar-refractivity contribution in [3.63, 3.8) is 0 Å². The number of anilines is 1. The summed E-state index contributed by atoms with van der Waals surface area (Å²) in [5.74, 6) is -0.907. The van der Waals surface area contributed by atoms with Crippen molar-refractivity contribution < 1.29 is 19.3 Å². The largest absolute Gasteiger partial charge is 0.481 e. The molecule has 2 fully saturated rings. The summed E-state index contributed by atoms with van der Waals surface area (Å²) >= 11 is 0. The topological polar surface area (TPSA) is 63.9 Å². The number of carbonyl (C=O) groups excluding carboxylic acids is 1. The highest BCUT2D eigenvalue weighted by molar-refractivity contribution is 6.98. The second-order valence-electron chi connectivity index (χ2n) is 13.3. The molecule has 1 N–H and O–H groups in total.